The summed E-state index contributed by atoms with van der Waals surface area (Å²) < 4.78 is 3.89. The van der Waals surface area contributed by atoms with Gasteiger partial charge in [-0.3, -0.25) is 0 Å². The van der Waals surface area contributed by atoms with Crippen LogP contribution in [0.5, 0.6) is 0 Å². The molecule has 0 heterocycles. The maximum atomic E-state index is 9.88. The molecule has 0 aromatic heterocycles. The lowest BCUT2D eigenvalue weighted by atomic mass is 10.4. The fraction of sp³-hybridized carbons (Fsp3) is 0.750. The van der Waals surface area contributed by atoms with Crippen LogP contribution in [0.2, 0.25) is 0 Å². The van der Waals surface area contributed by atoms with Gasteiger partial charge >= 0.3 is 6.09 Å². The second-order valence-electron chi connectivity index (χ2n) is 1.58. The standard InChI is InChI=1S/C4H9NO5/c5-4(9)10-3(8)2(7)1-6/h2-3,6-8H,1H2,(H2,5,9). The lowest BCUT2D eigenvalue weighted by Gasteiger charge is -2.13. The monoisotopic (exact) mass is 151 g/mol. The maximum absolute atomic E-state index is 9.88. The van der Waals surface area contributed by atoms with E-state index in [0.29, 0.717) is 0 Å². The molecule has 0 rings (SSSR count). The van der Waals surface area contributed by atoms with Crippen LogP contribution in [0.15, 0.2) is 0 Å². The van der Waals surface area contributed by atoms with Crippen LogP contribution in [0.4, 0.5) is 4.79 Å². The molecule has 0 bridgehead atoms. The number of aliphatic hydroxyl groups excluding tert-OH is 3. The summed E-state index contributed by atoms with van der Waals surface area (Å²) in [6, 6.07) is 0. The summed E-state index contributed by atoms with van der Waals surface area (Å²) in [5.74, 6) is 0. The Bertz CT molecular complexity index is 116. The number of hydrogen-bond acceptors (Lipinski definition) is 5. The van der Waals surface area contributed by atoms with Gasteiger partial charge in [-0.15, -0.1) is 0 Å². The van der Waals surface area contributed by atoms with Gasteiger partial charge in [-0.1, -0.05) is 0 Å². The summed E-state index contributed by atoms with van der Waals surface area (Å²) in [5.41, 5.74) is 4.47. The van der Waals surface area contributed by atoms with Gasteiger partial charge in [0.15, 0.2) is 0 Å². The molecule has 2 atom stereocenters. The van der Waals surface area contributed by atoms with E-state index in [9.17, 15) is 4.79 Å². The van der Waals surface area contributed by atoms with E-state index in [2.05, 4.69) is 10.5 Å². The van der Waals surface area contributed by atoms with Gasteiger partial charge in [0.1, 0.15) is 6.10 Å². The van der Waals surface area contributed by atoms with Crippen molar-refractivity contribution in [1.82, 2.24) is 0 Å². The molecule has 0 aromatic carbocycles. The Labute approximate surface area is 56.8 Å². The number of ether oxygens (including phenoxy) is 1. The van der Waals surface area contributed by atoms with Crippen molar-refractivity contribution in [2.45, 2.75) is 12.4 Å². The molecule has 60 valence electrons. The van der Waals surface area contributed by atoms with Gasteiger partial charge in [-0.05, 0) is 0 Å². The van der Waals surface area contributed by atoms with Gasteiger partial charge in [-0.25, -0.2) is 4.79 Å². The van der Waals surface area contributed by atoms with Crippen molar-refractivity contribution in [3.8, 4) is 0 Å². The highest BCUT2D eigenvalue weighted by molar-refractivity contribution is 5.64. The number of primary amides is 1. The fourth-order valence-corrected chi connectivity index (χ4v) is 0.288. The second-order valence-corrected chi connectivity index (χ2v) is 1.58. The zero-order chi connectivity index (χ0) is 8.15. The van der Waals surface area contributed by atoms with Crippen LogP contribution in [0.1, 0.15) is 0 Å². The Hall–Kier alpha value is -0.850. The predicted octanol–water partition coefficient (Wildman–Crippen LogP) is -2.25. The summed E-state index contributed by atoms with van der Waals surface area (Å²) in [4.78, 5) is 9.88. The molecule has 0 aliphatic carbocycles. The van der Waals surface area contributed by atoms with Crippen molar-refractivity contribution in [1.29, 1.82) is 0 Å². The minimum absolute atomic E-state index is 0.700. The number of rotatable bonds is 3. The molecule has 0 radical (unpaired) electrons. The maximum Gasteiger partial charge on any atom is 0.406 e. The molecule has 0 saturated heterocycles. The number of aliphatic hydroxyl groups is 3. The minimum Gasteiger partial charge on any atom is -0.417 e. The molecule has 5 N–H and O–H groups in total. The molecule has 0 fully saturated rings. The van der Waals surface area contributed by atoms with Crippen molar-refractivity contribution in [2.24, 2.45) is 5.73 Å². The molecule has 0 aromatic rings. The minimum atomic E-state index is -1.76. The molecular formula is C4H9NO5. The van der Waals surface area contributed by atoms with Crippen molar-refractivity contribution >= 4 is 6.09 Å². The fourth-order valence-electron chi connectivity index (χ4n) is 0.288. The molecule has 0 aliphatic heterocycles. The van der Waals surface area contributed by atoms with Crippen LogP contribution in [-0.2, 0) is 4.74 Å². The molecular weight excluding hydrogens is 142 g/mol. The first-order valence-corrected chi connectivity index (χ1v) is 2.51. The van der Waals surface area contributed by atoms with Crippen LogP contribution in [0, 0.1) is 0 Å². The summed E-state index contributed by atoms with van der Waals surface area (Å²) in [6.45, 7) is -0.700. The predicted molar refractivity (Wildman–Crippen MR) is 29.8 cm³/mol. The van der Waals surface area contributed by atoms with Gasteiger partial charge in [0, 0.05) is 0 Å². The zero-order valence-corrected chi connectivity index (χ0v) is 5.10. The summed E-state index contributed by atoms with van der Waals surface area (Å²) in [7, 11) is 0. The van der Waals surface area contributed by atoms with E-state index in [0.717, 1.165) is 0 Å². The van der Waals surface area contributed by atoms with Crippen LogP contribution in [0.25, 0.3) is 0 Å². The lowest BCUT2D eigenvalue weighted by Crippen LogP contribution is -2.35. The first-order chi connectivity index (χ1) is 4.57. The van der Waals surface area contributed by atoms with E-state index in [-0.39, 0.29) is 0 Å². The normalized spacial score (nSPS) is 15.9. The van der Waals surface area contributed by atoms with E-state index in [4.69, 9.17) is 15.3 Å². The first kappa shape index (κ1) is 9.15. The third-order valence-corrected chi connectivity index (χ3v) is 0.753. The van der Waals surface area contributed by atoms with Gasteiger partial charge < -0.3 is 25.8 Å². The van der Waals surface area contributed by atoms with E-state index >= 15 is 0 Å². The molecule has 2 unspecified atom stereocenters. The van der Waals surface area contributed by atoms with Crippen molar-refractivity contribution in [3.63, 3.8) is 0 Å². The molecule has 1 amide bonds. The first-order valence-electron chi connectivity index (χ1n) is 2.51. The smallest absolute Gasteiger partial charge is 0.406 e. The molecule has 0 saturated carbocycles. The van der Waals surface area contributed by atoms with Crippen LogP contribution >= 0.6 is 0 Å². The highest BCUT2D eigenvalue weighted by atomic mass is 16.7. The Morgan fingerprint density at radius 1 is 1.60 bits per heavy atom. The molecule has 6 heteroatoms. The lowest BCUT2D eigenvalue weighted by molar-refractivity contribution is -0.135. The van der Waals surface area contributed by atoms with E-state index < -0.39 is 25.1 Å². The highest BCUT2D eigenvalue weighted by Gasteiger charge is 2.17. The molecule has 10 heavy (non-hydrogen) atoms. The van der Waals surface area contributed by atoms with Crippen molar-refractivity contribution in [3.05, 3.63) is 0 Å². The Kier molecular flexibility index (Phi) is 3.70. The SMILES string of the molecule is NC(=O)OC(O)C(O)CO. The van der Waals surface area contributed by atoms with Gasteiger partial charge in [0.05, 0.1) is 6.61 Å². The van der Waals surface area contributed by atoms with Crippen molar-refractivity contribution < 1.29 is 24.9 Å². The van der Waals surface area contributed by atoms with Gasteiger partial charge in [-0.2, -0.15) is 0 Å². The quantitative estimate of drug-likeness (QED) is 0.340. The number of carbonyl (C=O) groups excluding carboxylic acids is 1. The van der Waals surface area contributed by atoms with E-state index in [1.54, 1.807) is 0 Å². The average molecular weight is 151 g/mol. The Morgan fingerprint density at radius 2 is 2.10 bits per heavy atom. The average Bonchev–Trinajstić information content (AvgIpc) is 1.85. The Balaban J connectivity index is 3.61. The molecule has 0 aliphatic rings. The van der Waals surface area contributed by atoms with Gasteiger partial charge in [0.2, 0.25) is 6.29 Å². The number of nitrogens with two attached hydrogens (primary N) is 1. The van der Waals surface area contributed by atoms with Crippen LogP contribution in [-0.4, -0.2) is 40.4 Å². The van der Waals surface area contributed by atoms with E-state index in [1.165, 1.54) is 0 Å². The molecule has 0 spiro atoms. The summed E-state index contributed by atoms with van der Waals surface area (Å²) in [6.07, 6.45) is -4.48. The third kappa shape index (κ3) is 3.23. The number of hydrogen-bond donors (Lipinski definition) is 4. The number of amides is 1. The molecule has 6 nitrogen and oxygen atoms in total. The third-order valence-electron chi connectivity index (χ3n) is 0.753. The summed E-state index contributed by atoms with van der Waals surface area (Å²) in [5, 5.41) is 25.3. The second kappa shape index (κ2) is 4.04. The number of carbonyl (C=O) groups is 1. The van der Waals surface area contributed by atoms with E-state index in [1.807, 2.05) is 0 Å². The van der Waals surface area contributed by atoms with Gasteiger partial charge in [0.25, 0.3) is 0 Å². The topological polar surface area (TPSA) is 113 Å². The van der Waals surface area contributed by atoms with Crippen LogP contribution < -0.4 is 5.73 Å². The van der Waals surface area contributed by atoms with Crippen molar-refractivity contribution in [2.75, 3.05) is 6.61 Å². The highest BCUT2D eigenvalue weighted by Crippen LogP contribution is 1.93. The largest absolute Gasteiger partial charge is 0.417 e. The Morgan fingerprint density at radius 3 is 2.40 bits per heavy atom. The zero-order valence-electron chi connectivity index (χ0n) is 5.10. The van der Waals surface area contributed by atoms with Crippen LogP contribution in [0.3, 0.4) is 0 Å². The summed E-state index contributed by atoms with van der Waals surface area (Å²) >= 11 is 0.